The van der Waals surface area contributed by atoms with Crippen molar-refractivity contribution in [1.82, 2.24) is 10.6 Å². The SMILES string of the molecule is CCOC(=O)C1=C(COc2cccc(S(C)(=O)=O)c2)NC(=O)NC1c1ccc(OC)cc1. The van der Waals surface area contributed by atoms with Crippen molar-refractivity contribution in [1.29, 1.82) is 0 Å². The van der Waals surface area contributed by atoms with E-state index >= 15 is 0 Å². The molecule has 10 heteroatoms. The van der Waals surface area contributed by atoms with Crippen LogP contribution in [0.4, 0.5) is 4.79 Å². The van der Waals surface area contributed by atoms with E-state index < -0.39 is 27.9 Å². The van der Waals surface area contributed by atoms with Crippen LogP contribution in [-0.4, -0.2) is 47.0 Å². The van der Waals surface area contributed by atoms with Crippen molar-refractivity contribution in [3.63, 3.8) is 0 Å². The number of nitrogens with one attached hydrogen (secondary N) is 2. The molecule has 2 aromatic rings. The number of hydrogen-bond donors (Lipinski definition) is 2. The second-order valence-electron chi connectivity index (χ2n) is 6.95. The molecule has 1 atom stereocenters. The Morgan fingerprint density at radius 1 is 1.09 bits per heavy atom. The minimum Gasteiger partial charge on any atom is -0.497 e. The van der Waals surface area contributed by atoms with E-state index in [0.29, 0.717) is 11.3 Å². The summed E-state index contributed by atoms with van der Waals surface area (Å²) in [6.45, 7) is 1.65. The van der Waals surface area contributed by atoms with Gasteiger partial charge in [-0.1, -0.05) is 18.2 Å². The molecule has 0 fully saturated rings. The summed E-state index contributed by atoms with van der Waals surface area (Å²) < 4.78 is 39.7. The van der Waals surface area contributed by atoms with Crippen molar-refractivity contribution in [2.45, 2.75) is 17.9 Å². The molecule has 0 saturated heterocycles. The summed E-state index contributed by atoms with van der Waals surface area (Å²) in [6, 6.07) is 11.6. The molecule has 0 bridgehead atoms. The van der Waals surface area contributed by atoms with Crippen LogP contribution in [0, 0.1) is 0 Å². The number of amides is 2. The van der Waals surface area contributed by atoms with Crippen LogP contribution in [0.25, 0.3) is 0 Å². The number of ether oxygens (including phenoxy) is 3. The van der Waals surface area contributed by atoms with E-state index in [1.807, 2.05) is 0 Å². The molecule has 1 heterocycles. The second-order valence-corrected chi connectivity index (χ2v) is 8.97. The number of carbonyl (C=O) groups excluding carboxylic acids is 2. The van der Waals surface area contributed by atoms with E-state index in [9.17, 15) is 18.0 Å². The summed E-state index contributed by atoms with van der Waals surface area (Å²) in [4.78, 5) is 25.2. The van der Waals surface area contributed by atoms with Crippen LogP contribution in [-0.2, 0) is 19.4 Å². The molecule has 1 aliphatic rings. The zero-order valence-electron chi connectivity index (χ0n) is 17.9. The smallest absolute Gasteiger partial charge is 0.338 e. The van der Waals surface area contributed by atoms with Crippen molar-refractivity contribution in [3.05, 3.63) is 65.4 Å². The molecular formula is C22H24N2O7S. The van der Waals surface area contributed by atoms with Gasteiger partial charge in [-0.05, 0) is 42.8 Å². The largest absolute Gasteiger partial charge is 0.497 e. The van der Waals surface area contributed by atoms with Crippen LogP contribution < -0.4 is 20.1 Å². The van der Waals surface area contributed by atoms with E-state index in [1.54, 1.807) is 50.4 Å². The first-order chi connectivity index (χ1) is 15.2. The summed E-state index contributed by atoms with van der Waals surface area (Å²) in [5.74, 6) is 0.298. The molecular weight excluding hydrogens is 436 g/mol. The van der Waals surface area contributed by atoms with Crippen LogP contribution in [0.1, 0.15) is 18.5 Å². The molecule has 0 aliphatic carbocycles. The molecule has 170 valence electrons. The zero-order chi connectivity index (χ0) is 23.3. The van der Waals surface area contributed by atoms with Gasteiger partial charge in [-0.2, -0.15) is 0 Å². The second kappa shape index (κ2) is 9.73. The first-order valence-corrected chi connectivity index (χ1v) is 11.7. The number of urea groups is 1. The maximum absolute atomic E-state index is 12.8. The van der Waals surface area contributed by atoms with Gasteiger partial charge in [0.15, 0.2) is 9.84 Å². The van der Waals surface area contributed by atoms with Gasteiger partial charge in [-0.25, -0.2) is 18.0 Å². The normalized spacial score (nSPS) is 16.1. The predicted octanol–water partition coefficient (Wildman–Crippen LogP) is 2.35. The Labute approximate surface area is 186 Å². The summed E-state index contributed by atoms with van der Waals surface area (Å²) in [7, 11) is -1.87. The van der Waals surface area contributed by atoms with Gasteiger partial charge in [0.2, 0.25) is 0 Å². The average molecular weight is 461 g/mol. The fraction of sp³-hybridized carbons (Fsp3) is 0.273. The number of benzene rings is 2. The van der Waals surface area contributed by atoms with Crippen molar-refractivity contribution in [3.8, 4) is 11.5 Å². The molecule has 2 aromatic carbocycles. The molecule has 32 heavy (non-hydrogen) atoms. The van der Waals surface area contributed by atoms with Crippen LogP contribution in [0.5, 0.6) is 11.5 Å². The van der Waals surface area contributed by atoms with Crippen molar-refractivity contribution in [2.24, 2.45) is 0 Å². The predicted molar refractivity (Wildman–Crippen MR) is 116 cm³/mol. The molecule has 0 radical (unpaired) electrons. The molecule has 1 aliphatic heterocycles. The Morgan fingerprint density at radius 3 is 2.44 bits per heavy atom. The van der Waals surface area contributed by atoms with Gasteiger partial charge < -0.3 is 24.8 Å². The third-order valence-electron chi connectivity index (χ3n) is 4.71. The number of hydrogen-bond acceptors (Lipinski definition) is 7. The first-order valence-electron chi connectivity index (χ1n) is 9.77. The monoisotopic (exact) mass is 460 g/mol. The highest BCUT2D eigenvalue weighted by Gasteiger charge is 2.34. The van der Waals surface area contributed by atoms with Gasteiger partial charge in [0, 0.05) is 6.26 Å². The molecule has 0 aromatic heterocycles. The highest BCUT2D eigenvalue weighted by atomic mass is 32.2. The third-order valence-corrected chi connectivity index (χ3v) is 5.83. The van der Waals surface area contributed by atoms with E-state index in [1.165, 1.54) is 12.1 Å². The fourth-order valence-electron chi connectivity index (χ4n) is 3.18. The first kappa shape index (κ1) is 23.1. The molecule has 3 rings (SSSR count). The highest BCUT2D eigenvalue weighted by Crippen LogP contribution is 2.29. The van der Waals surface area contributed by atoms with Gasteiger partial charge in [0.25, 0.3) is 0 Å². The fourth-order valence-corrected chi connectivity index (χ4v) is 3.83. The van der Waals surface area contributed by atoms with E-state index in [4.69, 9.17) is 14.2 Å². The lowest BCUT2D eigenvalue weighted by Crippen LogP contribution is -2.47. The van der Waals surface area contributed by atoms with Gasteiger partial charge >= 0.3 is 12.0 Å². The van der Waals surface area contributed by atoms with Crippen LogP contribution >= 0.6 is 0 Å². The van der Waals surface area contributed by atoms with Crippen molar-refractivity contribution >= 4 is 21.8 Å². The van der Waals surface area contributed by atoms with Gasteiger partial charge in [-0.3, -0.25) is 0 Å². The Hall–Kier alpha value is -3.53. The Balaban J connectivity index is 1.96. The standard InChI is InChI=1S/C22H24N2O7S/c1-4-30-21(25)19-18(13-31-16-6-5-7-17(12-16)32(3,27)28)23-22(26)24-20(19)14-8-10-15(29-2)11-9-14/h5-12,20H,4,13H2,1-3H3,(H2,23,24,26). The lowest BCUT2D eigenvalue weighted by atomic mass is 9.95. The maximum atomic E-state index is 12.8. The van der Waals surface area contributed by atoms with Crippen LogP contribution in [0.2, 0.25) is 0 Å². The summed E-state index contributed by atoms with van der Waals surface area (Å²) >= 11 is 0. The lowest BCUT2D eigenvalue weighted by molar-refractivity contribution is -0.139. The van der Waals surface area contributed by atoms with E-state index in [-0.39, 0.29) is 35.1 Å². The van der Waals surface area contributed by atoms with Crippen molar-refractivity contribution in [2.75, 3.05) is 26.6 Å². The van der Waals surface area contributed by atoms with E-state index in [0.717, 1.165) is 6.26 Å². The Morgan fingerprint density at radius 2 is 1.81 bits per heavy atom. The zero-order valence-corrected chi connectivity index (χ0v) is 18.7. The van der Waals surface area contributed by atoms with Gasteiger partial charge in [0.1, 0.15) is 18.1 Å². The minimum atomic E-state index is -3.42. The van der Waals surface area contributed by atoms with E-state index in [2.05, 4.69) is 10.6 Å². The third kappa shape index (κ3) is 5.38. The lowest BCUT2D eigenvalue weighted by Gasteiger charge is -2.29. The molecule has 2 amide bonds. The summed E-state index contributed by atoms with van der Waals surface area (Å²) in [5.41, 5.74) is 1.06. The highest BCUT2D eigenvalue weighted by molar-refractivity contribution is 7.90. The van der Waals surface area contributed by atoms with Crippen LogP contribution in [0.3, 0.4) is 0 Å². The molecule has 0 saturated carbocycles. The van der Waals surface area contributed by atoms with Crippen molar-refractivity contribution < 1.29 is 32.2 Å². The van der Waals surface area contributed by atoms with Gasteiger partial charge in [0.05, 0.1) is 35.9 Å². The number of sulfone groups is 1. The Kier molecular flexibility index (Phi) is 7.04. The minimum absolute atomic E-state index is 0.0973. The van der Waals surface area contributed by atoms with Gasteiger partial charge in [-0.15, -0.1) is 0 Å². The molecule has 9 nitrogen and oxygen atoms in total. The average Bonchev–Trinajstić information content (AvgIpc) is 2.77. The number of methoxy groups -OCH3 is 1. The molecule has 2 N–H and O–H groups in total. The number of rotatable bonds is 8. The summed E-state index contributed by atoms with van der Waals surface area (Å²) in [6.07, 6.45) is 1.10. The Bertz CT molecular complexity index is 1140. The quantitative estimate of drug-likeness (QED) is 0.580. The molecule has 0 spiro atoms. The topological polar surface area (TPSA) is 120 Å². The summed E-state index contributed by atoms with van der Waals surface area (Å²) in [5, 5.41) is 5.34. The maximum Gasteiger partial charge on any atom is 0.338 e. The van der Waals surface area contributed by atoms with Crippen LogP contribution in [0.15, 0.2) is 64.7 Å². The number of esters is 1. The number of carbonyl (C=O) groups is 2. The molecule has 1 unspecified atom stereocenters.